The summed E-state index contributed by atoms with van der Waals surface area (Å²) < 4.78 is 17.2. The van der Waals surface area contributed by atoms with E-state index in [1.165, 1.54) is 31.4 Å². The SMILES string of the molecule is COCC(=O)C(N)c1ccc(F)cc1. The summed E-state index contributed by atoms with van der Waals surface area (Å²) in [5, 5.41) is 0. The van der Waals surface area contributed by atoms with Crippen molar-refractivity contribution < 1.29 is 13.9 Å². The number of rotatable bonds is 4. The second kappa shape index (κ2) is 4.83. The first-order valence-corrected chi connectivity index (χ1v) is 4.18. The van der Waals surface area contributed by atoms with Crippen LogP contribution >= 0.6 is 0 Å². The Hall–Kier alpha value is -1.26. The maximum atomic E-state index is 12.5. The summed E-state index contributed by atoms with van der Waals surface area (Å²) in [6.45, 7) is -0.0292. The lowest BCUT2D eigenvalue weighted by atomic mass is 10.0. The van der Waals surface area contributed by atoms with Gasteiger partial charge in [0.1, 0.15) is 12.4 Å². The molecule has 76 valence electrons. The Bertz CT molecular complexity index is 310. The molecule has 3 nitrogen and oxygen atoms in total. The Balaban J connectivity index is 2.73. The Morgan fingerprint density at radius 1 is 1.50 bits per heavy atom. The summed E-state index contributed by atoms with van der Waals surface area (Å²) >= 11 is 0. The fourth-order valence-corrected chi connectivity index (χ4v) is 1.09. The number of carbonyl (C=O) groups excluding carboxylic acids is 1. The van der Waals surface area contributed by atoms with E-state index in [0.29, 0.717) is 5.56 Å². The number of hydrogen-bond donors (Lipinski definition) is 1. The molecule has 14 heavy (non-hydrogen) atoms. The third-order valence-electron chi connectivity index (χ3n) is 1.86. The summed E-state index contributed by atoms with van der Waals surface area (Å²) in [6.07, 6.45) is 0. The summed E-state index contributed by atoms with van der Waals surface area (Å²) in [6, 6.07) is 4.79. The first kappa shape index (κ1) is 10.8. The van der Waals surface area contributed by atoms with Crippen LogP contribution < -0.4 is 5.73 Å². The van der Waals surface area contributed by atoms with Crippen LogP contribution in [0.5, 0.6) is 0 Å². The highest BCUT2D eigenvalue weighted by atomic mass is 19.1. The topological polar surface area (TPSA) is 52.3 Å². The third kappa shape index (κ3) is 2.61. The summed E-state index contributed by atoms with van der Waals surface area (Å²) in [5.41, 5.74) is 6.21. The molecule has 0 saturated carbocycles. The molecule has 0 fully saturated rings. The van der Waals surface area contributed by atoms with Crippen molar-refractivity contribution in [1.29, 1.82) is 0 Å². The number of ether oxygens (including phenoxy) is 1. The number of ketones is 1. The molecular weight excluding hydrogens is 185 g/mol. The van der Waals surface area contributed by atoms with E-state index in [4.69, 9.17) is 5.73 Å². The molecule has 1 aromatic rings. The van der Waals surface area contributed by atoms with Crippen LogP contribution in [0.3, 0.4) is 0 Å². The lowest BCUT2D eigenvalue weighted by Gasteiger charge is -2.09. The van der Waals surface area contributed by atoms with Crippen molar-refractivity contribution in [3.05, 3.63) is 35.6 Å². The second-order valence-electron chi connectivity index (χ2n) is 2.93. The fourth-order valence-electron chi connectivity index (χ4n) is 1.09. The number of halogens is 1. The van der Waals surface area contributed by atoms with Crippen LogP contribution in [0.2, 0.25) is 0 Å². The maximum absolute atomic E-state index is 12.5. The van der Waals surface area contributed by atoms with E-state index in [0.717, 1.165) is 0 Å². The number of benzene rings is 1. The minimum absolute atomic E-state index is 0.0292. The van der Waals surface area contributed by atoms with Crippen LogP contribution in [-0.4, -0.2) is 19.5 Å². The lowest BCUT2D eigenvalue weighted by Crippen LogP contribution is -2.24. The minimum atomic E-state index is -0.740. The van der Waals surface area contributed by atoms with Crippen molar-refractivity contribution in [1.82, 2.24) is 0 Å². The molecule has 1 aromatic carbocycles. The van der Waals surface area contributed by atoms with Crippen molar-refractivity contribution in [3.8, 4) is 0 Å². The Labute approximate surface area is 81.7 Å². The largest absolute Gasteiger partial charge is 0.377 e. The molecule has 2 N–H and O–H groups in total. The molecule has 0 aliphatic rings. The normalized spacial score (nSPS) is 12.5. The molecule has 0 saturated heterocycles. The third-order valence-corrected chi connectivity index (χ3v) is 1.86. The number of nitrogens with two attached hydrogens (primary N) is 1. The molecule has 0 bridgehead atoms. The van der Waals surface area contributed by atoms with E-state index < -0.39 is 6.04 Å². The average molecular weight is 197 g/mol. The van der Waals surface area contributed by atoms with E-state index in [2.05, 4.69) is 4.74 Å². The van der Waals surface area contributed by atoms with Gasteiger partial charge >= 0.3 is 0 Å². The lowest BCUT2D eigenvalue weighted by molar-refractivity contribution is -0.124. The van der Waals surface area contributed by atoms with E-state index in [-0.39, 0.29) is 18.2 Å². The van der Waals surface area contributed by atoms with Crippen molar-refractivity contribution in [3.63, 3.8) is 0 Å². The zero-order chi connectivity index (χ0) is 10.6. The molecule has 0 amide bonds. The molecule has 1 rings (SSSR count). The number of hydrogen-bond acceptors (Lipinski definition) is 3. The summed E-state index contributed by atoms with van der Waals surface area (Å²) in [7, 11) is 1.43. The molecule has 1 atom stereocenters. The van der Waals surface area contributed by atoms with Crippen molar-refractivity contribution in [2.75, 3.05) is 13.7 Å². The zero-order valence-corrected chi connectivity index (χ0v) is 7.87. The van der Waals surface area contributed by atoms with Crippen LogP contribution in [0.4, 0.5) is 4.39 Å². The van der Waals surface area contributed by atoms with Gasteiger partial charge in [0.25, 0.3) is 0 Å². The predicted octanol–water partition coefficient (Wildman–Crippen LogP) is 1.04. The summed E-state index contributed by atoms with van der Waals surface area (Å²) in [5.74, 6) is -0.570. The van der Waals surface area contributed by atoms with Gasteiger partial charge in [-0.1, -0.05) is 12.1 Å². The van der Waals surface area contributed by atoms with Gasteiger partial charge in [0.05, 0.1) is 6.04 Å². The molecule has 0 heterocycles. The van der Waals surface area contributed by atoms with E-state index in [9.17, 15) is 9.18 Å². The monoisotopic (exact) mass is 197 g/mol. The minimum Gasteiger partial charge on any atom is -0.377 e. The summed E-state index contributed by atoms with van der Waals surface area (Å²) in [4.78, 5) is 11.3. The van der Waals surface area contributed by atoms with E-state index in [1.807, 2.05) is 0 Å². The first-order chi connectivity index (χ1) is 6.65. The smallest absolute Gasteiger partial charge is 0.179 e. The fraction of sp³-hybridized carbons (Fsp3) is 0.300. The second-order valence-corrected chi connectivity index (χ2v) is 2.93. The van der Waals surface area contributed by atoms with Gasteiger partial charge in [0.2, 0.25) is 0 Å². The predicted molar refractivity (Wildman–Crippen MR) is 50.2 cm³/mol. The highest BCUT2D eigenvalue weighted by molar-refractivity contribution is 5.86. The highest BCUT2D eigenvalue weighted by Crippen LogP contribution is 2.11. The van der Waals surface area contributed by atoms with Crippen LogP contribution in [0, 0.1) is 5.82 Å². The van der Waals surface area contributed by atoms with Gasteiger partial charge in [-0.2, -0.15) is 0 Å². The van der Waals surface area contributed by atoms with Gasteiger partial charge in [-0.25, -0.2) is 4.39 Å². The highest BCUT2D eigenvalue weighted by Gasteiger charge is 2.14. The Morgan fingerprint density at radius 3 is 2.57 bits per heavy atom. The Kier molecular flexibility index (Phi) is 3.73. The number of Topliss-reactive ketones (excluding diaryl/α,β-unsaturated/α-hetero) is 1. The average Bonchev–Trinajstić information content (AvgIpc) is 2.18. The van der Waals surface area contributed by atoms with Crippen LogP contribution in [0.25, 0.3) is 0 Å². The molecule has 1 unspecified atom stereocenters. The van der Waals surface area contributed by atoms with Crippen molar-refractivity contribution in [2.45, 2.75) is 6.04 Å². The molecule has 0 aliphatic carbocycles. The zero-order valence-electron chi connectivity index (χ0n) is 7.87. The van der Waals surface area contributed by atoms with Crippen LogP contribution in [0.1, 0.15) is 11.6 Å². The molecule has 4 heteroatoms. The van der Waals surface area contributed by atoms with Gasteiger partial charge in [0.15, 0.2) is 5.78 Å². The molecule has 0 aromatic heterocycles. The van der Waals surface area contributed by atoms with E-state index >= 15 is 0 Å². The van der Waals surface area contributed by atoms with Crippen molar-refractivity contribution in [2.24, 2.45) is 5.73 Å². The van der Waals surface area contributed by atoms with Gasteiger partial charge in [0, 0.05) is 7.11 Å². The molecule has 0 aliphatic heterocycles. The van der Waals surface area contributed by atoms with E-state index in [1.54, 1.807) is 0 Å². The van der Waals surface area contributed by atoms with Gasteiger partial charge in [-0.05, 0) is 17.7 Å². The molecular formula is C10H12FNO2. The van der Waals surface area contributed by atoms with Gasteiger partial charge in [-0.3, -0.25) is 4.79 Å². The number of carbonyl (C=O) groups is 1. The Morgan fingerprint density at radius 2 is 2.07 bits per heavy atom. The standard InChI is InChI=1S/C10H12FNO2/c1-14-6-9(13)10(12)7-2-4-8(11)5-3-7/h2-5,10H,6,12H2,1H3. The van der Waals surface area contributed by atoms with Gasteiger partial charge in [-0.15, -0.1) is 0 Å². The maximum Gasteiger partial charge on any atom is 0.179 e. The van der Waals surface area contributed by atoms with Crippen LogP contribution in [0.15, 0.2) is 24.3 Å². The first-order valence-electron chi connectivity index (χ1n) is 4.18. The van der Waals surface area contributed by atoms with Crippen LogP contribution in [-0.2, 0) is 9.53 Å². The molecule has 0 spiro atoms. The molecule has 0 radical (unpaired) electrons. The number of methoxy groups -OCH3 is 1. The quantitative estimate of drug-likeness (QED) is 0.784. The van der Waals surface area contributed by atoms with Gasteiger partial charge < -0.3 is 10.5 Å². The van der Waals surface area contributed by atoms with Crippen molar-refractivity contribution >= 4 is 5.78 Å².